The number of aromatic nitrogens is 2. The first-order valence-electron chi connectivity index (χ1n) is 7.63. The van der Waals surface area contributed by atoms with Crippen molar-refractivity contribution in [2.24, 2.45) is 0 Å². The predicted octanol–water partition coefficient (Wildman–Crippen LogP) is 1.18. The number of nitrogens with one attached hydrogen (secondary N) is 1. The minimum atomic E-state index is -0.310. The highest BCUT2D eigenvalue weighted by atomic mass is 16.2. The highest BCUT2D eigenvalue weighted by Crippen LogP contribution is 2.18. The fourth-order valence-electron chi connectivity index (χ4n) is 2.66. The van der Waals surface area contributed by atoms with Gasteiger partial charge in [-0.2, -0.15) is 0 Å². The molecule has 23 heavy (non-hydrogen) atoms. The van der Waals surface area contributed by atoms with Crippen LogP contribution >= 0.6 is 0 Å². The summed E-state index contributed by atoms with van der Waals surface area (Å²) in [5.41, 5.74) is 2.77. The predicted molar refractivity (Wildman–Crippen MR) is 84.5 cm³/mol. The molecule has 1 aliphatic heterocycles. The minimum absolute atomic E-state index is 0.0546. The van der Waals surface area contributed by atoms with Crippen LogP contribution in [0.15, 0.2) is 42.9 Å². The summed E-state index contributed by atoms with van der Waals surface area (Å²) in [4.78, 5) is 33.7. The van der Waals surface area contributed by atoms with Crippen molar-refractivity contribution in [1.82, 2.24) is 20.2 Å². The third-order valence-electron chi connectivity index (χ3n) is 3.90. The molecule has 6 heteroatoms. The van der Waals surface area contributed by atoms with Gasteiger partial charge in [-0.25, -0.2) is 4.98 Å². The Morgan fingerprint density at radius 3 is 2.78 bits per heavy atom. The summed E-state index contributed by atoms with van der Waals surface area (Å²) in [6, 6.07) is 8.19. The van der Waals surface area contributed by atoms with Crippen LogP contribution in [0, 0.1) is 0 Å². The molecule has 0 radical (unpaired) electrons. The smallest absolute Gasteiger partial charge is 0.271 e. The zero-order valence-electron chi connectivity index (χ0n) is 12.7. The summed E-state index contributed by atoms with van der Waals surface area (Å²) in [6.07, 6.45) is 5.54. The minimum Gasteiger partial charge on any atom is -0.350 e. The molecule has 2 aromatic rings. The van der Waals surface area contributed by atoms with Crippen LogP contribution in [0.5, 0.6) is 0 Å². The molecular formula is C17H18N4O2. The van der Waals surface area contributed by atoms with Crippen LogP contribution in [0.3, 0.4) is 0 Å². The maximum atomic E-state index is 12.3. The lowest BCUT2D eigenvalue weighted by Crippen LogP contribution is -2.38. The van der Waals surface area contributed by atoms with Crippen molar-refractivity contribution in [3.63, 3.8) is 0 Å². The van der Waals surface area contributed by atoms with Crippen molar-refractivity contribution in [3.05, 3.63) is 59.7 Å². The first kappa shape index (κ1) is 15.1. The standard InChI is InChI=1S/C17H18N4O2/c22-16(5-7-20-17(23)15-11-18-8-9-19-15)21-10-6-13-3-1-2-4-14(13)12-21/h1-4,8-9,11H,5-7,10,12H2,(H,20,23). The van der Waals surface area contributed by atoms with E-state index in [1.54, 1.807) is 0 Å². The molecule has 0 aliphatic carbocycles. The Labute approximate surface area is 134 Å². The van der Waals surface area contributed by atoms with Gasteiger partial charge in [0.05, 0.1) is 6.20 Å². The summed E-state index contributed by atoms with van der Waals surface area (Å²) in [5, 5.41) is 2.70. The van der Waals surface area contributed by atoms with Gasteiger partial charge in [-0.1, -0.05) is 24.3 Å². The Morgan fingerprint density at radius 1 is 1.17 bits per heavy atom. The first-order valence-corrected chi connectivity index (χ1v) is 7.63. The van der Waals surface area contributed by atoms with Gasteiger partial charge in [0.1, 0.15) is 5.69 Å². The Kier molecular flexibility index (Phi) is 4.61. The van der Waals surface area contributed by atoms with Crippen LogP contribution in [0.1, 0.15) is 28.0 Å². The molecule has 3 rings (SSSR count). The number of rotatable bonds is 4. The van der Waals surface area contributed by atoms with Gasteiger partial charge >= 0.3 is 0 Å². The molecule has 0 fully saturated rings. The van der Waals surface area contributed by atoms with Crippen molar-refractivity contribution in [2.75, 3.05) is 13.1 Å². The number of benzene rings is 1. The highest BCUT2D eigenvalue weighted by Gasteiger charge is 2.20. The first-order chi connectivity index (χ1) is 11.2. The largest absolute Gasteiger partial charge is 0.350 e. The SMILES string of the molecule is O=C(NCCC(=O)N1CCc2ccccc2C1)c1cnccn1. The molecule has 2 heterocycles. The van der Waals surface area contributed by atoms with E-state index in [0.717, 1.165) is 13.0 Å². The van der Waals surface area contributed by atoms with Crippen LogP contribution in [0.25, 0.3) is 0 Å². The molecule has 0 spiro atoms. The third kappa shape index (κ3) is 3.71. The lowest BCUT2D eigenvalue weighted by atomic mass is 10.00. The Morgan fingerprint density at radius 2 is 2.00 bits per heavy atom. The van der Waals surface area contributed by atoms with Crippen LogP contribution in [0.2, 0.25) is 0 Å². The fourth-order valence-corrected chi connectivity index (χ4v) is 2.66. The normalized spacial score (nSPS) is 13.3. The number of fused-ring (bicyclic) bond motifs is 1. The highest BCUT2D eigenvalue weighted by molar-refractivity contribution is 5.92. The number of amides is 2. The summed E-state index contributed by atoms with van der Waals surface area (Å²) in [6.45, 7) is 1.67. The zero-order chi connectivity index (χ0) is 16.1. The van der Waals surface area contributed by atoms with E-state index in [9.17, 15) is 9.59 Å². The van der Waals surface area contributed by atoms with Gasteiger partial charge in [0.25, 0.3) is 5.91 Å². The van der Waals surface area contributed by atoms with Gasteiger partial charge in [0.2, 0.25) is 5.91 Å². The summed E-state index contributed by atoms with van der Waals surface area (Å²) in [7, 11) is 0. The number of hydrogen-bond donors (Lipinski definition) is 1. The maximum absolute atomic E-state index is 12.3. The molecule has 1 N–H and O–H groups in total. The zero-order valence-corrected chi connectivity index (χ0v) is 12.7. The second kappa shape index (κ2) is 7.00. The van der Waals surface area contributed by atoms with Gasteiger partial charge in [0.15, 0.2) is 0 Å². The van der Waals surface area contributed by atoms with E-state index >= 15 is 0 Å². The molecule has 1 aromatic heterocycles. The van der Waals surface area contributed by atoms with E-state index in [0.29, 0.717) is 13.1 Å². The summed E-state index contributed by atoms with van der Waals surface area (Å²) < 4.78 is 0. The second-order valence-electron chi connectivity index (χ2n) is 5.43. The molecule has 0 bridgehead atoms. The number of hydrogen-bond acceptors (Lipinski definition) is 4. The lowest BCUT2D eigenvalue weighted by Gasteiger charge is -2.29. The number of carbonyl (C=O) groups excluding carboxylic acids is 2. The van der Waals surface area contributed by atoms with Crippen LogP contribution < -0.4 is 5.32 Å². The van der Waals surface area contributed by atoms with E-state index in [1.807, 2.05) is 17.0 Å². The molecule has 1 aliphatic rings. The van der Waals surface area contributed by atoms with Gasteiger partial charge < -0.3 is 10.2 Å². The maximum Gasteiger partial charge on any atom is 0.271 e. The van der Waals surface area contributed by atoms with Crippen molar-refractivity contribution < 1.29 is 9.59 Å². The summed E-state index contributed by atoms with van der Waals surface area (Å²) >= 11 is 0. The van der Waals surface area contributed by atoms with Crippen molar-refractivity contribution >= 4 is 11.8 Å². The number of nitrogens with zero attached hydrogens (tertiary/aromatic N) is 3. The van der Waals surface area contributed by atoms with E-state index in [1.165, 1.54) is 29.7 Å². The fraction of sp³-hybridized carbons (Fsp3) is 0.294. The van der Waals surface area contributed by atoms with E-state index in [-0.39, 0.29) is 23.9 Å². The van der Waals surface area contributed by atoms with E-state index in [2.05, 4.69) is 27.4 Å². The van der Waals surface area contributed by atoms with Gasteiger partial charge in [-0.3, -0.25) is 14.6 Å². The van der Waals surface area contributed by atoms with Gasteiger partial charge in [-0.05, 0) is 17.5 Å². The van der Waals surface area contributed by atoms with Crippen molar-refractivity contribution in [3.8, 4) is 0 Å². The molecule has 118 valence electrons. The van der Waals surface area contributed by atoms with Gasteiger partial charge in [0, 0.05) is 38.4 Å². The quantitative estimate of drug-likeness (QED) is 0.920. The molecule has 1 aromatic carbocycles. The van der Waals surface area contributed by atoms with Crippen molar-refractivity contribution in [2.45, 2.75) is 19.4 Å². The topological polar surface area (TPSA) is 75.2 Å². The monoisotopic (exact) mass is 310 g/mol. The summed E-state index contributed by atoms with van der Waals surface area (Å²) in [5.74, 6) is -0.256. The lowest BCUT2D eigenvalue weighted by molar-refractivity contribution is -0.131. The number of carbonyl (C=O) groups is 2. The third-order valence-corrected chi connectivity index (χ3v) is 3.90. The Hall–Kier alpha value is -2.76. The molecule has 6 nitrogen and oxygen atoms in total. The second-order valence-corrected chi connectivity index (χ2v) is 5.43. The van der Waals surface area contributed by atoms with Crippen LogP contribution in [-0.4, -0.2) is 39.8 Å². The molecule has 2 amide bonds. The molecule has 0 saturated heterocycles. The Bertz CT molecular complexity index is 703. The van der Waals surface area contributed by atoms with E-state index in [4.69, 9.17) is 0 Å². The van der Waals surface area contributed by atoms with Crippen LogP contribution in [-0.2, 0) is 17.8 Å². The molecule has 0 saturated carbocycles. The molecule has 0 unspecified atom stereocenters. The average Bonchev–Trinajstić information content (AvgIpc) is 2.61. The molecular weight excluding hydrogens is 292 g/mol. The van der Waals surface area contributed by atoms with Crippen molar-refractivity contribution in [1.29, 1.82) is 0 Å². The average molecular weight is 310 g/mol. The van der Waals surface area contributed by atoms with Gasteiger partial charge in [-0.15, -0.1) is 0 Å². The molecule has 0 atom stereocenters. The van der Waals surface area contributed by atoms with E-state index < -0.39 is 0 Å². The van der Waals surface area contributed by atoms with Crippen LogP contribution in [0.4, 0.5) is 0 Å². The Balaban J connectivity index is 1.48.